The van der Waals surface area contributed by atoms with Gasteiger partial charge in [-0.05, 0) is 11.1 Å². The molecule has 1 heterocycles. The predicted octanol–water partition coefficient (Wildman–Crippen LogP) is 1.36. The molecule has 1 aliphatic rings. The lowest BCUT2D eigenvalue weighted by Gasteiger charge is -2.25. The fourth-order valence-electron chi connectivity index (χ4n) is 2.90. The summed E-state index contributed by atoms with van der Waals surface area (Å²) < 4.78 is 0. The Bertz CT molecular complexity index is 614. The van der Waals surface area contributed by atoms with E-state index >= 15 is 0 Å². The number of aliphatic hydroxyl groups excluding tert-OH is 2. The Morgan fingerprint density at radius 3 is 2.14 bits per heavy atom. The molecule has 0 bridgehead atoms. The maximum atomic E-state index is 11.8. The van der Waals surface area contributed by atoms with Crippen molar-refractivity contribution >= 4 is 5.91 Å². The molecule has 1 saturated heterocycles. The Hall–Kier alpha value is -2.17. The summed E-state index contributed by atoms with van der Waals surface area (Å²) in [6, 6.07) is 17.9. The van der Waals surface area contributed by atoms with Crippen LogP contribution in [-0.2, 0) is 4.79 Å². The maximum absolute atomic E-state index is 11.8. The van der Waals surface area contributed by atoms with E-state index in [4.69, 9.17) is 0 Å². The van der Waals surface area contributed by atoms with Gasteiger partial charge in [0.25, 0.3) is 0 Å². The van der Waals surface area contributed by atoms with Crippen molar-refractivity contribution in [2.75, 3.05) is 0 Å². The van der Waals surface area contributed by atoms with Crippen LogP contribution in [0.5, 0.6) is 0 Å². The van der Waals surface area contributed by atoms with Gasteiger partial charge in [-0.15, -0.1) is 0 Å². The van der Waals surface area contributed by atoms with Crippen LogP contribution in [0, 0.1) is 0 Å². The van der Waals surface area contributed by atoms with E-state index in [1.165, 1.54) is 0 Å². The fraction of sp³-hybridized carbons (Fsp3) is 0.235. The molecular formula is C17H17NO3. The van der Waals surface area contributed by atoms with Gasteiger partial charge in [-0.1, -0.05) is 60.7 Å². The molecule has 0 aliphatic carbocycles. The minimum Gasteiger partial charge on any atom is -0.386 e. The normalized spacial score (nSPS) is 26.4. The Morgan fingerprint density at radius 1 is 0.952 bits per heavy atom. The minimum absolute atomic E-state index is 0.441. The first-order valence-electron chi connectivity index (χ1n) is 6.95. The second-order valence-electron chi connectivity index (χ2n) is 5.27. The van der Waals surface area contributed by atoms with Gasteiger partial charge in [-0.3, -0.25) is 4.79 Å². The average molecular weight is 283 g/mol. The number of hydrogen-bond acceptors (Lipinski definition) is 3. The number of amides is 1. The summed E-state index contributed by atoms with van der Waals surface area (Å²) in [6.07, 6.45) is -2.01. The van der Waals surface area contributed by atoms with Gasteiger partial charge in [-0.2, -0.15) is 0 Å². The topological polar surface area (TPSA) is 69.6 Å². The first-order valence-corrected chi connectivity index (χ1v) is 6.95. The van der Waals surface area contributed by atoms with Crippen LogP contribution in [0.2, 0.25) is 0 Å². The van der Waals surface area contributed by atoms with Crippen molar-refractivity contribution in [2.45, 2.75) is 24.2 Å². The number of aliphatic hydroxyl groups is 2. The van der Waals surface area contributed by atoms with Crippen molar-refractivity contribution in [3.63, 3.8) is 0 Å². The summed E-state index contributed by atoms with van der Waals surface area (Å²) in [7, 11) is 0. The third-order valence-electron chi connectivity index (χ3n) is 3.97. The number of carbonyl (C=O) groups excluding carboxylic acids is 1. The van der Waals surface area contributed by atoms with Gasteiger partial charge in [0.15, 0.2) is 0 Å². The highest BCUT2D eigenvalue weighted by Crippen LogP contribution is 2.35. The summed E-state index contributed by atoms with van der Waals surface area (Å²) >= 11 is 0. The monoisotopic (exact) mass is 283 g/mol. The zero-order chi connectivity index (χ0) is 14.8. The molecule has 21 heavy (non-hydrogen) atoms. The van der Waals surface area contributed by atoms with E-state index in [-0.39, 0.29) is 0 Å². The van der Waals surface area contributed by atoms with Crippen molar-refractivity contribution in [3.05, 3.63) is 71.8 Å². The molecule has 0 saturated carbocycles. The highest BCUT2D eigenvalue weighted by molar-refractivity contribution is 5.85. The Balaban J connectivity index is 1.95. The molecule has 0 spiro atoms. The summed E-state index contributed by atoms with van der Waals surface area (Å²) in [6.45, 7) is 0. The molecule has 1 amide bonds. The summed E-state index contributed by atoms with van der Waals surface area (Å²) in [5.41, 5.74) is 1.56. The summed E-state index contributed by atoms with van der Waals surface area (Å²) in [5.74, 6) is -0.905. The van der Waals surface area contributed by atoms with E-state index in [9.17, 15) is 15.0 Å². The lowest BCUT2D eigenvalue weighted by atomic mass is 9.85. The number of carbonyl (C=O) groups is 1. The number of benzene rings is 2. The molecule has 2 aromatic rings. The molecule has 2 aromatic carbocycles. The van der Waals surface area contributed by atoms with Crippen LogP contribution in [0.15, 0.2) is 60.7 Å². The number of rotatable bonds is 3. The standard InChI is InChI=1S/C17H17NO3/c19-15(12-9-5-2-6-10-12)14-13(16(20)17(21)18-14)11-7-3-1-4-8-11/h1-10,13-16,19-20H,(H,18,21). The zero-order valence-corrected chi connectivity index (χ0v) is 11.4. The van der Waals surface area contributed by atoms with Gasteiger partial charge < -0.3 is 15.5 Å². The van der Waals surface area contributed by atoms with Gasteiger partial charge >= 0.3 is 0 Å². The van der Waals surface area contributed by atoms with E-state index in [0.29, 0.717) is 0 Å². The SMILES string of the molecule is O=C1NC(C(O)c2ccccc2)C(c2ccccc2)C1O. The molecule has 4 unspecified atom stereocenters. The van der Waals surface area contributed by atoms with Gasteiger partial charge in [0.1, 0.15) is 6.10 Å². The number of nitrogens with one attached hydrogen (secondary N) is 1. The van der Waals surface area contributed by atoms with E-state index in [1.54, 1.807) is 0 Å². The summed E-state index contributed by atoms with van der Waals surface area (Å²) in [4.78, 5) is 11.8. The lowest BCUT2D eigenvalue weighted by molar-refractivity contribution is -0.126. The van der Waals surface area contributed by atoms with Gasteiger partial charge in [0.2, 0.25) is 5.91 Å². The van der Waals surface area contributed by atoms with Crippen molar-refractivity contribution in [2.24, 2.45) is 0 Å². The van der Waals surface area contributed by atoms with E-state index in [2.05, 4.69) is 5.32 Å². The van der Waals surface area contributed by atoms with Crippen molar-refractivity contribution in [1.82, 2.24) is 5.32 Å². The second kappa shape index (κ2) is 5.68. The smallest absolute Gasteiger partial charge is 0.249 e. The third-order valence-corrected chi connectivity index (χ3v) is 3.97. The Morgan fingerprint density at radius 2 is 1.52 bits per heavy atom. The molecule has 108 valence electrons. The molecule has 4 nitrogen and oxygen atoms in total. The number of hydrogen-bond donors (Lipinski definition) is 3. The largest absolute Gasteiger partial charge is 0.386 e. The Labute approximate surface area is 123 Å². The van der Waals surface area contributed by atoms with Crippen LogP contribution >= 0.6 is 0 Å². The van der Waals surface area contributed by atoms with Crippen LogP contribution in [0.4, 0.5) is 0 Å². The Kier molecular flexibility index (Phi) is 3.73. The highest BCUT2D eigenvalue weighted by atomic mass is 16.3. The first-order chi connectivity index (χ1) is 10.2. The lowest BCUT2D eigenvalue weighted by Crippen LogP contribution is -2.34. The van der Waals surface area contributed by atoms with Crippen LogP contribution in [0.1, 0.15) is 23.1 Å². The molecule has 1 fully saturated rings. The average Bonchev–Trinajstić information content (AvgIpc) is 2.84. The summed E-state index contributed by atoms with van der Waals surface area (Å²) in [5, 5.41) is 23.4. The van der Waals surface area contributed by atoms with Crippen LogP contribution in [0.3, 0.4) is 0 Å². The van der Waals surface area contributed by atoms with Crippen LogP contribution in [0.25, 0.3) is 0 Å². The minimum atomic E-state index is -1.14. The van der Waals surface area contributed by atoms with Gasteiger partial charge in [0.05, 0.1) is 12.1 Å². The predicted molar refractivity (Wildman–Crippen MR) is 78.5 cm³/mol. The quantitative estimate of drug-likeness (QED) is 0.796. The van der Waals surface area contributed by atoms with Crippen molar-refractivity contribution in [3.8, 4) is 0 Å². The van der Waals surface area contributed by atoms with E-state index < -0.39 is 30.1 Å². The molecule has 0 radical (unpaired) electrons. The van der Waals surface area contributed by atoms with E-state index in [1.807, 2.05) is 60.7 Å². The van der Waals surface area contributed by atoms with Crippen LogP contribution < -0.4 is 5.32 Å². The second-order valence-corrected chi connectivity index (χ2v) is 5.27. The van der Waals surface area contributed by atoms with Crippen molar-refractivity contribution < 1.29 is 15.0 Å². The molecule has 3 rings (SSSR count). The molecule has 4 atom stereocenters. The molecular weight excluding hydrogens is 266 g/mol. The van der Waals surface area contributed by atoms with E-state index in [0.717, 1.165) is 11.1 Å². The molecule has 0 aromatic heterocycles. The third kappa shape index (κ3) is 2.55. The highest BCUT2D eigenvalue weighted by Gasteiger charge is 2.45. The van der Waals surface area contributed by atoms with Crippen LogP contribution in [-0.4, -0.2) is 28.3 Å². The first kappa shape index (κ1) is 13.8. The zero-order valence-electron chi connectivity index (χ0n) is 11.4. The molecule has 4 heteroatoms. The van der Waals surface area contributed by atoms with Crippen molar-refractivity contribution in [1.29, 1.82) is 0 Å². The van der Waals surface area contributed by atoms with Gasteiger partial charge in [0, 0.05) is 5.92 Å². The molecule has 3 N–H and O–H groups in total. The van der Waals surface area contributed by atoms with Gasteiger partial charge in [-0.25, -0.2) is 0 Å². The fourth-order valence-corrected chi connectivity index (χ4v) is 2.90. The maximum Gasteiger partial charge on any atom is 0.249 e. The molecule has 1 aliphatic heterocycles.